The van der Waals surface area contributed by atoms with Crippen molar-refractivity contribution in [1.29, 1.82) is 0 Å². The van der Waals surface area contributed by atoms with Crippen LogP contribution in [0.3, 0.4) is 0 Å². The summed E-state index contributed by atoms with van der Waals surface area (Å²) >= 11 is 0. The predicted octanol–water partition coefficient (Wildman–Crippen LogP) is 0.127. The van der Waals surface area contributed by atoms with E-state index in [-0.39, 0.29) is 24.1 Å². The lowest BCUT2D eigenvalue weighted by Crippen LogP contribution is -2.54. The minimum atomic E-state index is -0.307. The van der Waals surface area contributed by atoms with Gasteiger partial charge in [-0.05, 0) is 19.8 Å². The molecule has 104 valence electrons. The summed E-state index contributed by atoms with van der Waals surface area (Å²) < 4.78 is 5.24. The van der Waals surface area contributed by atoms with E-state index in [4.69, 9.17) is 4.74 Å². The van der Waals surface area contributed by atoms with Crippen molar-refractivity contribution in [3.8, 4) is 0 Å². The zero-order valence-electron chi connectivity index (χ0n) is 11.1. The van der Waals surface area contributed by atoms with Crippen LogP contribution < -0.4 is 5.32 Å². The number of aliphatic hydroxyl groups is 1. The summed E-state index contributed by atoms with van der Waals surface area (Å²) in [6.45, 7) is 4.50. The van der Waals surface area contributed by atoms with Crippen LogP contribution in [0.5, 0.6) is 0 Å². The van der Waals surface area contributed by atoms with Gasteiger partial charge in [-0.1, -0.05) is 12.8 Å². The molecule has 0 aromatic heterocycles. The van der Waals surface area contributed by atoms with Crippen molar-refractivity contribution in [2.75, 3.05) is 26.3 Å². The molecule has 2 rings (SSSR count). The van der Waals surface area contributed by atoms with Crippen LogP contribution in [0.15, 0.2) is 0 Å². The van der Waals surface area contributed by atoms with E-state index in [1.807, 2.05) is 11.8 Å². The van der Waals surface area contributed by atoms with Gasteiger partial charge in [0.2, 0.25) is 5.91 Å². The lowest BCUT2D eigenvalue weighted by molar-refractivity contribution is -0.137. The largest absolute Gasteiger partial charge is 0.392 e. The lowest BCUT2D eigenvalue weighted by Gasteiger charge is -2.34. The third-order valence-corrected chi connectivity index (χ3v) is 3.89. The number of nitrogens with one attached hydrogen (secondary N) is 1. The standard InChI is InChI=1S/C13H24N2O3/c1-10(13(17)15-6-8-18-9-7-15)14-11-4-2-3-5-12(11)16/h10-12,14,16H,2-9H2,1H3. The summed E-state index contributed by atoms with van der Waals surface area (Å²) in [6.07, 6.45) is 3.72. The Morgan fingerprint density at radius 3 is 2.67 bits per heavy atom. The summed E-state index contributed by atoms with van der Waals surface area (Å²) in [6, 6.07) is -0.153. The van der Waals surface area contributed by atoms with Crippen molar-refractivity contribution in [1.82, 2.24) is 10.2 Å². The maximum Gasteiger partial charge on any atom is 0.239 e. The van der Waals surface area contributed by atoms with Gasteiger partial charge in [0.05, 0.1) is 25.4 Å². The van der Waals surface area contributed by atoms with Crippen molar-refractivity contribution in [3.05, 3.63) is 0 Å². The number of carbonyl (C=O) groups is 1. The molecule has 5 nitrogen and oxygen atoms in total. The Hall–Kier alpha value is -0.650. The number of rotatable bonds is 3. The van der Waals surface area contributed by atoms with Gasteiger partial charge in [0.1, 0.15) is 0 Å². The Kier molecular flexibility index (Phi) is 4.97. The highest BCUT2D eigenvalue weighted by Gasteiger charge is 2.28. The molecule has 0 bridgehead atoms. The first kappa shape index (κ1) is 13.8. The molecule has 1 aliphatic carbocycles. The van der Waals surface area contributed by atoms with Crippen molar-refractivity contribution in [2.24, 2.45) is 0 Å². The minimum Gasteiger partial charge on any atom is -0.392 e. The fourth-order valence-electron chi connectivity index (χ4n) is 2.76. The van der Waals surface area contributed by atoms with Crippen LogP contribution in [0.25, 0.3) is 0 Å². The molecule has 0 spiro atoms. The highest BCUT2D eigenvalue weighted by atomic mass is 16.5. The number of carbonyl (C=O) groups excluding carboxylic acids is 1. The molecular formula is C13H24N2O3. The van der Waals surface area contributed by atoms with Gasteiger partial charge >= 0.3 is 0 Å². The second-order valence-corrected chi connectivity index (χ2v) is 5.28. The number of morpholine rings is 1. The first-order valence-electron chi connectivity index (χ1n) is 6.99. The third-order valence-electron chi connectivity index (χ3n) is 3.89. The van der Waals surface area contributed by atoms with E-state index in [1.54, 1.807) is 0 Å². The van der Waals surface area contributed by atoms with Gasteiger partial charge in [0.25, 0.3) is 0 Å². The Bertz CT molecular complexity index is 279. The van der Waals surface area contributed by atoms with Crippen LogP contribution in [0.1, 0.15) is 32.6 Å². The van der Waals surface area contributed by atoms with Crippen molar-refractivity contribution >= 4 is 5.91 Å². The van der Waals surface area contributed by atoms with Gasteiger partial charge in [-0.25, -0.2) is 0 Å². The van der Waals surface area contributed by atoms with Crippen LogP contribution in [-0.4, -0.2) is 60.4 Å². The zero-order chi connectivity index (χ0) is 13.0. The van der Waals surface area contributed by atoms with Gasteiger partial charge < -0.3 is 20.1 Å². The quantitative estimate of drug-likeness (QED) is 0.753. The fourth-order valence-corrected chi connectivity index (χ4v) is 2.76. The second-order valence-electron chi connectivity index (χ2n) is 5.28. The molecule has 2 N–H and O–H groups in total. The predicted molar refractivity (Wildman–Crippen MR) is 68.3 cm³/mol. The Labute approximate surface area is 108 Å². The number of nitrogens with zero attached hydrogens (tertiary/aromatic N) is 1. The summed E-state index contributed by atoms with van der Waals surface area (Å²) in [5.74, 6) is 0.121. The first-order valence-corrected chi connectivity index (χ1v) is 6.99. The number of amides is 1. The number of aliphatic hydroxyl groups excluding tert-OH is 1. The van der Waals surface area contributed by atoms with Crippen molar-refractivity contribution in [2.45, 2.75) is 50.8 Å². The minimum absolute atomic E-state index is 0.0683. The van der Waals surface area contributed by atoms with E-state index in [2.05, 4.69) is 5.32 Å². The fraction of sp³-hybridized carbons (Fsp3) is 0.923. The second kappa shape index (κ2) is 6.50. The SMILES string of the molecule is CC(NC1CCCCC1O)C(=O)N1CCOCC1. The molecule has 18 heavy (non-hydrogen) atoms. The number of hydrogen-bond donors (Lipinski definition) is 2. The highest BCUT2D eigenvalue weighted by Crippen LogP contribution is 2.19. The van der Waals surface area contributed by atoms with Gasteiger partial charge in [0.15, 0.2) is 0 Å². The molecule has 0 aromatic rings. The van der Waals surface area contributed by atoms with Gasteiger partial charge in [-0.2, -0.15) is 0 Å². The first-order chi connectivity index (χ1) is 8.68. The molecule has 3 unspecified atom stereocenters. The highest BCUT2D eigenvalue weighted by molar-refractivity contribution is 5.81. The smallest absolute Gasteiger partial charge is 0.239 e. The lowest BCUT2D eigenvalue weighted by atomic mass is 9.92. The summed E-state index contributed by atoms with van der Waals surface area (Å²) in [7, 11) is 0. The molecule has 0 radical (unpaired) electrons. The molecular weight excluding hydrogens is 232 g/mol. The van der Waals surface area contributed by atoms with E-state index in [0.717, 1.165) is 25.7 Å². The topological polar surface area (TPSA) is 61.8 Å². The summed E-state index contributed by atoms with van der Waals surface area (Å²) in [5, 5.41) is 13.2. The summed E-state index contributed by atoms with van der Waals surface area (Å²) in [4.78, 5) is 14.0. The van der Waals surface area contributed by atoms with Gasteiger partial charge in [0, 0.05) is 19.1 Å². The maximum atomic E-state index is 12.2. The normalized spacial score (nSPS) is 31.1. The van der Waals surface area contributed by atoms with Crippen LogP contribution in [-0.2, 0) is 9.53 Å². The van der Waals surface area contributed by atoms with Gasteiger partial charge in [-0.3, -0.25) is 4.79 Å². The van der Waals surface area contributed by atoms with Gasteiger partial charge in [-0.15, -0.1) is 0 Å². The van der Waals surface area contributed by atoms with E-state index in [9.17, 15) is 9.90 Å². The van der Waals surface area contributed by atoms with Crippen LogP contribution in [0.4, 0.5) is 0 Å². The molecule has 2 aliphatic rings. The van der Waals surface area contributed by atoms with Crippen molar-refractivity contribution in [3.63, 3.8) is 0 Å². The molecule has 2 fully saturated rings. The van der Waals surface area contributed by atoms with E-state index >= 15 is 0 Å². The zero-order valence-corrected chi connectivity index (χ0v) is 11.1. The molecule has 3 atom stereocenters. The van der Waals surface area contributed by atoms with Crippen LogP contribution >= 0.6 is 0 Å². The average Bonchev–Trinajstić information content (AvgIpc) is 2.41. The molecule has 1 aliphatic heterocycles. The Morgan fingerprint density at radius 1 is 1.33 bits per heavy atom. The van der Waals surface area contributed by atoms with Crippen molar-refractivity contribution < 1.29 is 14.6 Å². The van der Waals surface area contributed by atoms with E-state index in [1.165, 1.54) is 0 Å². The summed E-state index contributed by atoms with van der Waals surface area (Å²) in [5.41, 5.74) is 0. The maximum absolute atomic E-state index is 12.2. The van der Waals surface area contributed by atoms with E-state index < -0.39 is 0 Å². The number of hydrogen-bond acceptors (Lipinski definition) is 4. The molecule has 1 heterocycles. The Morgan fingerprint density at radius 2 is 2.00 bits per heavy atom. The molecule has 1 amide bonds. The molecule has 0 aromatic carbocycles. The average molecular weight is 256 g/mol. The Balaban J connectivity index is 1.82. The monoisotopic (exact) mass is 256 g/mol. The molecule has 1 saturated carbocycles. The number of ether oxygens (including phenoxy) is 1. The van der Waals surface area contributed by atoms with Crippen LogP contribution in [0.2, 0.25) is 0 Å². The molecule has 1 saturated heterocycles. The third kappa shape index (κ3) is 3.43. The molecule has 5 heteroatoms. The van der Waals surface area contributed by atoms with E-state index in [0.29, 0.717) is 26.3 Å². The van der Waals surface area contributed by atoms with Crippen LogP contribution in [0, 0.1) is 0 Å².